The minimum atomic E-state index is -1.52. The van der Waals surface area contributed by atoms with Gasteiger partial charge in [0.1, 0.15) is 24.4 Å². The monoisotopic (exact) mass is 406 g/mol. The summed E-state index contributed by atoms with van der Waals surface area (Å²) in [4.78, 5) is 23.2. The predicted octanol–water partition coefficient (Wildman–Crippen LogP) is -3.25. The van der Waals surface area contributed by atoms with Gasteiger partial charge in [-0.2, -0.15) is 0 Å². The molecule has 11 heteroatoms. The molecule has 0 saturated carbocycles. The van der Waals surface area contributed by atoms with Crippen LogP contribution in [-0.2, 0) is 19.1 Å². The molecule has 0 unspecified atom stereocenters. The minimum absolute atomic E-state index is 0.0288. The average Bonchev–Trinajstić information content (AvgIpc) is 2.67. The van der Waals surface area contributed by atoms with E-state index in [4.69, 9.17) is 19.7 Å². The van der Waals surface area contributed by atoms with Crippen LogP contribution in [0.25, 0.3) is 0 Å². The normalized spacial score (nSPS) is 27.2. The van der Waals surface area contributed by atoms with Crippen molar-refractivity contribution in [3.8, 4) is 0 Å². The quantitative estimate of drug-likeness (QED) is 0.129. The van der Waals surface area contributed by atoms with Crippen LogP contribution in [0.5, 0.6) is 0 Å². The first kappa shape index (κ1) is 24.4. The fourth-order valence-corrected chi connectivity index (χ4v) is 2.52. The SMILES string of the molecule is C=C(CCC(=O)NCCO[C@H]1O[C@H](CO)[C@@H](O)[C@H](O)[C@@H]1O)CC(=O)NCCO. The summed E-state index contributed by atoms with van der Waals surface area (Å²) >= 11 is 0. The van der Waals surface area contributed by atoms with Gasteiger partial charge < -0.3 is 45.6 Å². The summed E-state index contributed by atoms with van der Waals surface area (Å²) < 4.78 is 10.4. The Bertz CT molecular complexity index is 515. The summed E-state index contributed by atoms with van der Waals surface area (Å²) in [5.41, 5.74) is 0.586. The first-order valence-corrected chi connectivity index (χ1v) is 9.03. The molecule has 1 rings (SSSR count). The number of aliphatic hydroxyl groups is 5. The van der Waals surface area contributed by atoms with Crippen LogP contribution in [0, 0.1) is 0 Å². The Hall–Kier alpha value is -1.60. The molecular weight excluding hydrogens is 376 g/mol. The van der Waals surface area contributed by atoms with Crippen molar-refractivity contribution in [3.63, 3.8) is 0 Å². The van der Waals surface area contributed by atoms with Crippen molar-refractivity contribution in [2.45, 2.75) is 50.0 Å². The summed E-state index contributed by atoms with van der Waals surface area (Å²) in [6.45, 7) is 3.28. The zero-order chi connectivity index (χ0) is 21.1. The molecule has 0 aromatic carbocycles. The van der Waals surface area contributed by atoms with Crippen molar-refractivity contribution in [3.05, 3.63) is 12.2 Å². The third-order valence-corrected chi connectivity index (χ3v) is 4.10. The highest BCUT2D eigenvalue weighted by Crippen LogP contribution is 2.21. The standard InChI is InChI=1S/C17H30N2O9/c1-10(8-13(23)18-4-6-20)2-3-12(22)19-5-7-27-17-16(26)15(25)14(24)11(9-21)28-17/h11,14-17,20-21,24-26H,1-9H2,(H,18,23)(H,19,22)/t11-,14-,15+,16+,17+/m1/s1. The average molecular weight is 406 g/mol. The molecule has 7 N–H and O–H groups in total. The second-order valence-electron chi connectivity index (χ2n) is 6.42. The van der Waals surface area contributed by atoms with Crippen molar-refractivity contribution < 1.29 is 44.6 Å². The molecule has 28 heavy (non-hydrogen) atoms. The molecule has 5 atom stereocenters. The molecule has 0 radical (unpaired) electrons. The lowest BCUT2D eigenvalue weighted by molar-refractivity contribution is -0.300. The van der Waals surface area contributed by atoms with E-state index < -0.39 is 37.3 Å². The molecule has 11 nitrogen and oxygen atoms in total. The lowest BCUT2D eigenvalue weighted by atomic mass is 9.99. The van der Waals surface area contributed by atoms with E-state index in [1.165, 1.54) is 0 Å². The van der Waals surface area contributed by atoms with E-state index in [9.17, 15) is 24.9 Å². The van der Waals surface area contributed by atoms with E-state index in [1.807, 2.05) is 0 Å². The van der Waals surface area contributed by atoms with Crippen LogP contribution in [-0.4, -0.2) is 101 Å². The number of hydrogen-bond acceptors (Lipinski definition) is 9. The van der Waals surface area contributed by atoms with Gasteiger partial charge in [-0.1, -0.05) is 12.2 Å². The van der Waals surface area contributed by atoms with E-state index in [0.717, 1.165) is 0 Å². The van der Waals surface area contributed by atoms with Crippen LogP contribution in [0.2, 0.25) is 0 Å². The van der Waals surface area contributed by atoms with Crippen molar-refractivity contribution in [1.82, 2.24) is 10.6 Å². The number of nitrogens with one attached hydrogen (secondary N) is 2. The van der Waals surface area contributed by atoms with Crippen LogP contribution < -0.4 is 10.6 Å². The largest absolute Gasteiger partial charge is 0.395 e. The molecule has 0 aromatic heterocycles. The Morgan fingerprint density at radius 1 is 0.964 bits per heavy atom. The Labute approximate surface area is 163 Å². The van der Waals surface area contributed by atoms with Gasteiger partial charge in [0, 0.05) is 25.9 Å². The van der Waals surface area contributed by atoms with Gasteiger partial charge in [-0.05, 0) is 6.42 Å². The highest BCUT2D eigenvalue weighted by atomic mass is 16.7. The number of hydrogen-bond donors (Lipinski definition) is 7. The molecule has 0 bridgehead atoms. The summed E-state index contributed by atoms with van der Waals surface area (Å²) in [5.74, 6) is -0.554. The number of carbonyl (C=O) groups is 2. The van der Waals surface area contributed by atoms with Crippen LogP contribution in [0.4, 0.5) is 0 Å². The topological polar surface area (TPSA) is 178 Å². The molecule has 1 fully saturated rings. The Morgan fingerprint density at radius 2 is 1.64 bits per heavy atom. The summed E-state index contributed by atoms with van der Waals surface area (Å²) in [5, 5.41) is 51.9. The van der Waals surface area contributed by atoms with Crippen LogP contribution in [0.15, 0.2) is 12.2 Å². The van der Waals surface area contributed by atoms with Gasteiger partial charge in [0.25, 0.3) is 0 Å². The maximum Gasteiger partial charge on any atom is 0.224 e. The molecule has 0 aliphatic carbocycles. The van der Waals surface area contributed by atoms with E-state index in [2.05, 4.69) is 17.2 Å². The molecule has 1 heterocycles. The van der Waals surface area contributed by atoms with E-state index >= 15 is 0 Å². The van der Waals surface area contributed by atoms with Crippen LogP contribution >= 0.6 is 0 Å². The second-order valence-corrected chi connectivity index (χ2v) is 6.42. The summed E-state index contributed by atoms with van der Waals surface area (Å²) in [7, 11) is 0. The van der Waals surface area contributed by atoms with Crippen molar-refractivity contribution in [2.75, 3.05) is 32.9 Å². The Kier molecular flexibility index (Phi) is 11.2. The number of aliphatic hydroxyl groups excluding tert-OH is 5. The molecule has 0 spiro atoms. The van der Waals surface area contributed by atoms with E-state index in [0.29, 0.717) is 12.0 Å². The van der Waals surface area contributed by atoms with Crippen molar-refractivity contribution >= 4 is 11.8 Å². The molecule has 0 aromatic rings. The Morgan fingerprint density at radius 3 is 2.29 bits per heavy atom. The number of carbonyl (C=O) groups excluding carboxylic acids is 2. The summed E-state index contributed by atoms with van der Waals surface area (Å²) in [6, 6.07) is 0. The maximum atomic E-state index is 11.8. The molecule has 1 aliphatic heterocycles. The van der Waals surface area contributed by atoms with Crippen LogP contribution in [0.1, 0.15) is 19.3 Å². The number of amides is 2. The highest BCUT2D eigenvalue weighted by molar-refractivity contribution is 5.79. The lowest BCUT2D eigenvalue weighted by Gasteiger charge is -2.39. The van der Waals surface area contributed by atoms with E-state index in [-0.39, 0.29) is 51.0 Å². The zero-order valence-corrected chi connectivity index (χ0v) is 15.6. The van der Waals surface area contributed by atoms with Gasteiger partial charge in [0.15, 0.2) is 6.29 Å². The molecule has 1 aliphatic rings. The molecular formula is C17H30N2O9. The van der Waals surface area contributed by atoms with Gasteiger partial charge in [0.05, 0.1) is 19.8 Å². The summed E-state index contributed by atoms with van der Waals surface area (Å²) in [6.07, 6.45) is -6.24. The minimum Gasteiger partial charge on any atom is -0.395 e. The molecule has 2 amide bonds. The first-order chi connectivity index (χ1) is 13.3. The fourth-order valence-electron chi connectivity index (χ4n) is 2.52. The van der Waals surface area contributed by atoms with Gasteiger partial charge in [-0.25, -0.2) is 0 Å². The molecule has 1 saturated heterocycles. The van der Waals surface area contributed by atoms with Gasteiger partial charge in [-0.3, -0.25) is 9.59 Å². The van der Waals surface area contributed by atoms with Crippen LogP contribution in [0.3, 0.4) is 0 Å². The highest BCUT2D eigenvalue weighted by Gasteiger charge is 2.43. The Balaban J connectivity index is 2.21. The zero-order valence-electron chi connectivity index (χ0n) is 15.6. The van der Waals surface area contributed by atoms with Gasteiger partial charge >= 0.3 is 0 Å². The predicted molar refractivity (Wildman–Crippen MR) is 95.8 cm³/mol. The third-order valence-electron chi connectivity index (χ3n) is 4.10. The number of ether oxygens (including phenoxy) is 2. The van der Waals surface area contributed by atoms with Gasteiger partial charge in [-0.15, -0.1) is 0 Å². The van der Waals surface area contributed by atoms with Crippen molar-refractivity contribution in [2.24, 2.45) is 0 Å². The smallest absolute Gasteiger partial charge is 0.224 e. The first-order valence-electron chi connectivity index (χ1n) is 9.03. The molecule has 162 valence electrons. The maximum absolute atomic E-state index is 11.8. The number of rotatable bonds is 12. The fraction of sp³-hybridized carbons (Fsp3) is 0.765. The lowest BCUT2D eigenvalue weighted by Crippen LogP contribution is -2.59. The van der Waals surface area contributed by atoms with E-state index in [1.54, 1.807) is 0 Å². The van der Waals surface area contributed by atoms with Gasteiger partial charge in [0.2, 0.25) is 11.8 Å². The second kappa shape index (κ2) is 12.8. The third kappa shape index (κ3) is 8.19. The van der Waals surface area contributed by atoms with Crippen molar-refractivity contribution in [1.29, 1.82) is 0 Å².